The highest BCUT2D eigenvalue weighted by Crippen LogP contribution is 2.52. The number of nitrogens with one attached hydrogen (secondary N) is 1. The molecule has 1 amide bonds. The van der Waals surface area contributed by atoms with Crippen molar-refractivity contribution in [3.05, 3.63) is 59.9 Å². The normalized spacial score (nSPS) is 23.0. The second kappa shape index (κ2) is 4.29. The lowest BCUT2D eigenvalue weighted by molar-refractivity contribution is -0.119. The molecule has 0 aliphatic carbocycles. The average Bonchev–Trinajstić information content (AvgIpc) is 2.96. The highest BCUT2D eigenvalue weighted by Gasteiger charge is 2.54. The van der Waals surface area contributed by atoms with Gasteiger partial charge in [-0.1, -0.05) is 18.2 Å². The highest BCUT2D eigenvalue weighted by atomic mass is 16.5. The predicted molar refractivity (Wildman–Crippen MR) is 83.1 cm³/mol. The van der Waals surface area contributed by atoms with Crippen LogP contribution in [-0.2, 0) is 10.2 Å². The maximum atomic E-state index is 12.8. The van der Waals surface area contributed by atoms with Crippen molar-refractivity contribution in [3.8, 4) is 17.2 Å². The van der Waals surface area contributed by atoms with Crippen LogP contribution in [-0.4, -0.2) is 19.1 Å². The molecule has 0 radical (unpaired) electrons. The summed E-state index contributed by atoms with van der Waals surface area (Å²) < 4.78 is 17.1. The van der Waals surface area contributed by atoms with Crippen molar-refractivity contribution >= 4 is 11.6 Å². The zero-order valence-corrected chi connectivity index (χ0v) is 12.2. The Balaban J connectivity index is 1.74. The van der Waals surface area contributed by atoms with E-state index in [-0.39, 0.29) is 12.5 Å². The molecular weight excluding hydrogens is 294 g/mol. The molecule has 1 spiro atoms. The zero-order chi connectivity index (χ0) is 15.4. The van der Waals surface area contributed by atoms with Gasteiger partial charge < -0.3 is 19.5 Å². The summed E-state index contributed by atoms with van der Waals surface area (Å²) in [6.07, 6.45) is 3.39. The van der Waals surface area contributed by atoms with Gasteiger partial charge in [-0.05, 0) is 23.8 Å². The number of rotatable bonds is 0. The number of amides is 1. The summed E-state index contributed by atoms with van der Waals surface area (Å²) in [7, 11) is 0. The van der Waals surface area contributed by atoms with Crippen molar-refractivity contribution in [1.29, 1.82) is 0 Å². The number of fused-ring (bicyclic) bond motifs is 5. The number of carbonyl (C=O) groups is 1. The molecule has 5 rings (SSSR count). The van der Waals surface area contributed by atoms with Gasteiger partial charge in [0.15, 0.2) is 11.5 Å². The van der Waals surface area contributed by atoms with Crippen LogP contribution in [0.2, 0.25) is 0 Å². The maximum absolute atomic E-state index is 12.8. The standard InChI is InChI=1S/C18H13NO4/c20-17-18(11-4-1-2-5-13(11)19-17)10-23-14-9-16-15(8-12(14)18)21-6-3-7-22-16/h1-5,7-9H,6,10H2,(H,19,20). The molecule has 5 heteroatoms. The van der Waals surface area contributed by atoms with Crippen LogP contribution in [0.3, 0.4) is 0 Å². The van der Waals surface area contributed by atoms with Gasteiger partial charge in [0.25, 0.3) is 0 Å². The Morgan fingerprint density at radius 3 is 2.87 bits per heavy atom. The Labute approximate surface area is 132 Å². The minimum absolute atomic E-state index is 0.0648. The van der Waals surface area contributed by atoms with Gasteiger partial charge in [0, 0.05) is 17.3 Å². The first kappa shape index (κ1) is 12.6. The molecule has 1 atom stereocenters. The number of benzene rings is 2. The molecule has 0 saturated heterocycles. The lowest BCUT2D eigenvalue weighted by atomic mass is 9.77. The van der Waals surface area contributed by atoms with Crippen molar-refractivity contribution in [1.82, 2.24) is 0 Å². The van der Waals surface area contributed by atoms with Crippen molar-refractivity contribution in [2.75, 3.05) is 18.5 Å². The monoisotopic (exact) mass is 307 g/mol. The third-order valence-corrected chi connectivity index (χ3v) is 4.60. The summed E-state index contributed by atoms with van der Waals surface area (Å²) in [5.41, 5.74) is 1.78. The molecular formula is C18H13NO4. The quantitative estimate of drug-likeness (QED) is 0.813. The van der Waals surface area contributed by atoms with Gasteiger partial charge in [0.2, 0.25) is 5.91 Å². The fraction of sp³-hybridized carbons (Fsp3) is 0.167. The Kier molecular flexibility index (Phi) is 2.34. The molecule has 1 N–H and O–H groups in total. The van der Waals surface area contributed by atoms with E-state index in [4.69, 9.17) is 14.2 Å². The largest absolute Gasteiger partial charge is 0.491 e. The summed E-state index contributed by atoms with van der Waals surface area (Å²) in [5.74, 6) is 1.82. The van der Waals surface area contributed by atoms with Gasteiger partial charge >= 0.3 is 0 Å². The third kappa shape index (κ3) is 1.54. The average molecular weight is 307 g/mol. The number of hydrogen-bond acceptors (Lipinski definition) is 4. The number of carbonyl (C=O) groups excluding carboxylic acids is 1. The Morgan fingerprint density at radius 2 is 1.91 bits per heavy atom. The van der Waals surface area contributed by atoms with E-state index in [2.05, 4.69) is 5.32 Å². The SMILES string of the molecule is O=C1Nc2ccccc2C12COc1cc3c(cc12)OCC=CO3. The smallest absolute Gasteiger partial charge is 0.243 e. The van der Waals surface area contributed by atoms with E-state index in [9.17, 15) is 4.79 Å². The fourth-order valence-corrected chi connectivity index (χ4v) is 3.49. The molecule has 0 bridgehead atoms. The fourth-order valence-electron chi connectivity index (χ4n) is 3.49. The predicted octanol–water partition coefficient (Wildman–Crippen LogP) is 2.60. The summed E-state index contributed by atoms with van der Waals surface area (Å²) in [4.78, 5) is 12.8. The van der Waals surface area contributed by atoms with E-state index in [1.807, 2.05) is 30.3 Å². The first-order chi connectivity index (χ1) is 11.3. The first-order valence-electron chi connectivity index (χ1n) is 7.46. The van der Waals surface area contributed by atoms with E-state index in [1.165, 1.54) is 0 Å². The Bertz CT molecular complexity index is 873. The molecule has 3 aliphatic heterocycles. The summed E-state index contributed by atoms with van der Waals surface area (Å²) in [5, 5.41) is 2.96. The van der Waals surface area contributed by atoms with Gasteiger partial charge in [-0.3, -0.25) is 4.79 Å². The van der Waals surface area contributed by atoms with Crippen molar-refractivity contribution in [2.45, 2.75) is 5.41 Å². The molecule has 114 valence electrons. The highest BCUT2D eigenvalue weighted by molar-refractivity contribution is 6.09. The maximum Gasteiger partial charge on any atom is 0.243 e. The minimum atomic E-state index is -0.815. The van der Waals surface area contributed by atoms with Crippen LogP contribution in [0.1, 0.15) is 11.1 Å². The van der Waals surface area contributed by atoms with Gasteiger partial charge in [-0.2, -0.15) is 0 Å². The van der Waals surface area contributed by atoms with Crippen LogP contribution in [0.15, 0.2) is 48.7 Å². The van der Waals surface area contributed by atoms with Gasteiger partial charge in [0.1, 0.15) is 24.4 Å². The Hall–Kier alpha value is -2.95. The van der Waals surface area contributed by atoms with Crippen LogP contribution in [0, 0.1) is 0 Å². The van der Waals surface area contributed by atoms with Gasteiger partial charge in [-0.15, -0.1) is 0 Å². The molecule has 0 saturated carbocycles. The van der Waals surface area contributed by atoms with Crippen molar-refractivity contribution in [3.63, 3.8) is 0 Å². The second-order valence-electron chi connectivity index (χ2n) is 5.79. The molecule has 0 fully saturated rings. The second-order valence-corrected chi connectivity index (χ2v) is 5.79. The van der Waals surface area contributed by atoms with Crippen molar-refractivity contribution < 1.29 is 19.0 Å². The first-order valence-corrected chi connectivity index (χ1v) is 7.46. The van der Waals surface area contributed by atoms with E-state index >= 15 is 0 Å². The molecule has 3 heterocycles. The lowest BCUT2D eigenvalue weighted by Crippen LogP contribution is -2.37. The molecule has 3 aliphatic rings. The molecule has 1 unspecified atom stereocenters. The summed E-state index contributed by atoms with van der Waals surface area (Å²) in [6.45, 7) is 0.715. The topological polar surface area (TPSA) is 56.8 Å². The molecule has 5 nitrogen and oxygen atoms in total. The van der Waals surface area contributed by atoms with Gasteiger partial charge in [-0.25, -0.2) is 0 Å². The van der Waals surface area contributed by atoms with E-state index in [0.29, 0.717) is 23.9 Å². The minimum Gasteiger partial charge on any atom is -0.491 e. The third-order valence-electron chi connectivity index (χ3n) is 4.60. The molecule has 0 aromatic heterocycles. The van der Waals surface area contributed by atoms with Crippen LogP contribution in [0.5, 0.6) is 17.2 Å². The van der Waals surface area contributed by atoms with E-state index in [1.54, 1.807) is 18.4 Å². The number of anilines is 1. The van der Waals surface area contributed by atoms with Crippen LogP contribution >= 0.6 is 0 Å². The number of ether oxygens (including phenoxy) is 3. The number of hydrogen-bond donors (Lipinski definition) is 1. The van der Waals surface area contributed by atoms with E-state index < -0.39 is 5.41 Å². The van der Waals surface area contributed by atoms with Crippen LogP contribution < -0.4 is 19.5 Å². The zero-order valence-electron chi connectivity index (χ0n) is 12.2. The number of para-hydroxylation sites is 1. The van der Waals surface area contributed by atoms with Gasteiger partial charge in [0.05, 0.1) is 6.26 Å². The molecule has 2 aromatic carbocycles. The van der Waals surface area contributed by atoms with E-state index in [0.717, 1.165) is 16.8 Å². The summed E-state index contributed by atoms with van der Waals surface area (Å²) >= 11 is 0. The van der Waals surface area contributed by atoms with Crippen LogP contribution in [0.4, 0.5) is 5.69 Å². The lowest BCUT2D eigenvalue weighted by Gasteiger charge is -2.20. The van der Waals surface area contributed by atoms with Crippen molar-refractivity contribution in [2.24, 2.45) is 0 Å². The molecule has 23 heavy (non-hydrogen) atoms. The van der Waals surface area contributed by atoms with Crippen LogP contribution in [0.25, 0.3) is 0 Å². The molecule has 2 aromatic rings. The Morgan fingerprint density at radius 1 is 1.00 bits per heavy atom. The summed E-state index contributed by atoms with van der Waals surface area (Å²) in [6, 6.07) is 11.4.